The van der Waals surface area contributed by atoms with Crippen LogP contribution < -0.4 is 14.8 Å². The van der Waals surface area contributed by atoms with Crippen molar-refractivity contribution in [3.63, 3.8) is 0 Å². The molecule has 0 saturated carbocycles. The molecule has 0 fully saturated rings. The third-order valence-electron chi connectivity index (χ3n) is 5.95. The van der Waals surface area contributed by atoms with Crippen molar-refractivity contribution in [2.24, 2.45) is 0 Å². The summed E-state index contributed by atoms with van der Waals surface area (Å²) >= 11 is 0. The zero-order valence-electron chi connectivity index (χ0n) is 18.8. The first-order chi connectivity index (χ1) is 16.4. The molecule has 5 rings (SSSR count). The third-order valence-corrected chi connectivity index (χ3v) is 7.29. The number of nitrogens with one attached hydrogen (secondary N) is 2. The Morgan fingerprint density at radius 2 is 1.68 bits per heavy atom. The van der Waals surface area contributed by atoms with Crippen LogP contribution in [0.25, 0.3) is 0 Å². The Labute approximate surface area is 198 Å². The Hall–Kier alpha value is -3.85. The van der Waals surface area contributed by atoms with Crippen molar-refractivity contribution in [2.45, 2.75) is 30.3 Å². The van der Waals surface area contributed by atoms with Crippen molar-refractivity contribution in [2.75, 3.05) is 17.1 Å². The minimum absolute atomic E-state index is 0.00782. The summed E-state index contributed by atoms with van der Waals surface area (Å²) in [7, 11) is -2.19. The van der Waals surface area contributed by atoms with E-state index < -0.39 is 10.0 Å². The van der Waals surface area contributed by atoms with Crippen LogP contribution in [0.15, 0.2) is 83.8 Å². The number of benzene rings is 3. The van der Waals surface area contributed by atoms with Gasteiger partial charge in [-0.05, 0) is 48.7 Å². The van der Waals surface area contributed by atoms with Crippen molar-refractivity contribution in [1.82, 2.24) is 14.8 Å². The molecule has 4 aromatic rings. The number of hydrogen-bond acceptors (Lipinski definition) is 6. The van der Waals surface area contributed by atoms with Crippen LogP contribution in [0.2, 0.25) is 0 Å². The van der Waals surface area contributed by atoms with Crippen molar-refractivity contribution in [1.29, 1.82) is 0 Å². The van der Waals surface area contributed by atoms with E-state index in [-0.39, 0.29) is 22.9 Å². The van der Waals surface area contributed by atoms with Gasteiger partial charge in [-0.2, -0.15) is 4.98 Å². The Bertz CT molecular complexity index is 1390. The molecule has 3 aromatic carbocycles. The molecule has 0 radical (unpaired) electrons. The summed E-state index contributed by atoms with van der Waals surface area (Å²) < 4.78 is 35.4. The smallest absolute Gasteiger partial charge is 0.264 e. The van der Waals surface area contributed by atoms with E-state index >= 15 is 0 Å². The highest BCUT2D eigenvalue weighted by atomic mass is 32.2. The molecular weight excluding hydrogens is 450 g/mol. The fourth-order valence-corrected chi connectivity index (χ4v) is 5.06. The SMILES string of the molecule is COc1ccc(C2CC(c3ccccc3)Nc3nc(NS(=O)(=O)c4ccc(C)cc4)nn32)cc1. The lowest BCUT2D eigenvalue weighted by Crippen LogP contribution is -2.28. The molecule has 2 unspecified atom stereocenters. The number of aromatic nitrogens is 3. The van der Waals surface area contributed by atoms with E-state index in [9.17, 15) is 8.42 Å². The molecule has 2 N–H and O–H groups in total. The number of aryl methyl sites for hydroxylation is 1. The molecule has 174 valence electrons. The van der Waals surface area contributed by atoms with Gasteiger partial charge in [0.15, 0.2) is 0 Å². The Balaban J connectivity index is 1.51. The van der Waals surface area contributed by atoms with Crippen LogP contribution in [-0.4, -0.2) is 30.3 Å². The Kier molecular flexibility index (Phi) is 5.70. The lowest BCUT2D eigenvalue weighted by molar-refractivity contribution is 0.411. The monoisotopic (exact) mass is 475 g/mol. The fraction of sp³-hybridized carbons (Fsp3) is 0.200. The molecule has 8 nitrogen and oxygen atoms in total. The van der Waals surface area contributed by atoms with Gasteiger partial charge in [0, 0.05) is 0 Å². The summed E-state index contributed by atoms with van der Waals surface area (Å²) in [6.07, 6.45) is 0.719. The minimum atomic E-state index is -3.82. The van der Waals surface area contributed by atoms with Crippen LogP contribution >= 0.6 is 0 Å². The number of anilines is 2. The highest BCUT2D eigenvalue weighted by Crippen LogP contribution is 2.38. The maximum atomic E-state index is 12.9. The quantitative estimate of drug-likeness (QED) is 0.425. The molecule has 0 aliphatic carbocycles. The summed E-state index contributed by atoms with van der Waals surface area (Å²) in [5, 5.41) is 7.95. The van der Waals surface area contributed by atoms with Gasteiger partial charge < -0.3 is 10.1 Å². The average Bonchev–Trinajstić information content (AvgIpc) is 3.26. The van der Waals surface area contributed by atoms with Gasteiger partial charge >= 0.3 is 0 Å². The van der Waals surface area contributed by atoms with E-state index in [1.807, 2.05) is 49.4 Å². The van der Waals surface area contributed by atoms with Gasteiger partial charge in [-0.25, -0.2) is 17.8 Å². The Morgan fingerprint density at radius 3 is 2.35 bits per heavy atom. The van der Waals surface area contributed by atoms with E-state index in [1.54, 1.807) is 36.1 Å². The van der Waals surface area contributed by atoms with Gasteiger partial charge in [-0.3, -0.25) is 0 Å². The fourth-order valence-electron chi connectivity index (χ4n) is 4.12. The lowest BCUT2D eigenvalue weighted by atomic mass is 9.93. The summed E-state index contributed by atoms with van der Waals surface area (Å²) in [5.41, 5.74) is 3.13. The van der Waals surface area contributed by atoms with Gasteiger partial charge in [0.2, 0.25) is 5.95 Å². The molecule has 0 saturated heterocycles. The third kappa shape index (κ3) is 4.34. The van der Waals surface area contributed by atoms with Crippen LogP contribution in [0, 0.1) is 6.92 Å². The molecule has 0 amide bonds. The lowest BCUT2D eigenvalue weighted by Gasteiger charge is -2.31. The summed E-state index contributed by atoms with van der Waals surface area (Å²) in [6.45, 7) is 1.91. The topological polar surface area (TPSA) is 98.1 Å². The van der Waals surface area contributed by atoms with E-state index in [0.29, 0.717) is 5.95 Å². The van der Waals surface area contributed by atoms with Crippen LogP contribution in [0.4, 0.5) is 11.9 Å². The number of ether oxygens (including phenoxy) is 1. The number of hydrogen-bond donors (Lipinski definition) is 2. The molecule has 2 atom stereocenters. The average molecular weight is 476 g/mol. The number of methoxy groups -OCH3 is 1. The zero-order valence-corrected chi connectivity index (χ0v) is 19.7. The summed E-state index contributed by atoms with van der Waals surface area (Å²) in [5.74, 6) is 1.29. The van der Waals surface area contributed by atoms with Crippen molar-refractivity contribution < 1.29 is 13.2 Å². The molecule has 2 heterocycles. The number of fused-ring (bicyclic) bond motifs is 1. The van der Waals surface area contributed by atoms with E-state index in [4.69, 9.17) is 4.74 Å². The first kappa shape index (κ1) is 22.0. The predicted octanol–water partition coefficient (Wildman–Crippen LogP) is 4.54. The Morgan fingerprint density at radius 1 is 0.971 bits per heavy atom. The van der Waals surface area contributed by atoms with Crippen LogP contribution in [0.3, 0.4) is 0 Å². The van der Waals surface area contributed by atoms with Gasteiger partial charge in [0.05, 0.1) is 24.1 Å². The second kappa shape index (κ2) is 8.83. The molecule has 9 heteroatoms. The number of nitrogens with zero attached hydrogens (tertiary/aromatic N) is 3. The summed E-state index contributed by atoms with van der Waals surface area (Å²) in [6, 6.07) is 24.4. The molecule has 1 aliphatic heterocycles. The normalized spacial score (nSPS) is 17.5. The first-order valence-corrected chi connectivity index (χ1v) is 12.4. The van der Waals surface area contributed by atoms with Gasteiger partial charge in [0.25, 0.3) is 16.0 Å². The standard InChI is InChI=1S/C25H25N5O3S/c1-17-8-14-21(15-9-17)34(31,32)29-24-27-25-26-22(18-6-4-3-5-7-18)16-23(30(25)28-24)19-10-12-20(33-2)13-11-19/h3-15,22-23H,16H2,1-2H3,(H2,26,27,28,29). The number of sulfonamides is 1. The summed E-state index contributed by atoms with van der Waals surface area (Å²) in [4.78, 5) is 4.65. The maximum absolute atomic E-state index is 12.9. The molecule has 1 aromatic heterocycles. The molecular formula is C25H25N5O3S. The van der Waals surface area contributed by atoms with Crippen molar-refractivity contribution >= 4 is 21.9 Å². The van der Waals surface area contributed by atoms with E-state index in [2.05, 4.69) is 32.3 Å². The van der Waals surface area contributed by atoms with Gasteiger partial charge in [0.1, 0.15) is 5.75 Å². The van der Waals surface area contributed by atoms with E-state index in [0.717, 1.165) is 28.9 Å². The van der Waals surface area contributed by atoms with Gasteiger partial charge in [-0.15, -0.1) is 5.10 Å². The van der Waals surface area contributed by atoms with Crippen molar-refractivity contribution in [3.8, 4) is 5.75 Å². The van der Waals surface area contributed by atoms with E-state index in [1.165, 1.54) is 0 Å². The number of rotatable bonds is 6. The second-order valence-electron chi connectivity index (χ2n) is 8.25. The largest absolute Gasteiger partial charge is 0.497 e. The maximum Gasteiger partial charge on any atom is 0.264 e. The molecule has 34 heavy (non-hydrogen) atoms. The van der Waals surface area contributed by atoms with Gasteiger partial charge in [-0.1, -0.05) is 60.2 Å². The van der Waals surface area contributed by atoms with Crippen LogP contribution in [-0.2, 0) is 10.0 Å². The van der Waals surface area contributed by atoms with Crippen LogP contribution in [0.1, 0.15) is 35.2 Å². The highest BCUT2D eigenvalue weighted by molar-refractivity contribution is 7.92. The first-order valence-electron chi connectivity index (χ1n) is 10.9. The molecule has 0 bridgehead atoms. The second-order valence-corrected chi connectivity index (χ2v) is 9.94. The highest BCUT2D eigenvalue weighted by Gasteiger charge is 2.32. The molecule has 0 spiro atoms. The minimum Gasteiger partial charge on any atom is -0.497 e. The zero-order chi connectivity index (χ0) is 23.7. The van der Waals surface area contributed by atoms with Crippen molar-refractivity contribution in [3.05, 3.63) is 95.6 Å². The van der Waals surface area contributed by atoms with Crippen LogP contribution in [0.5, 0.6) is 5.75 Å². The molecule has 1 aliphatic rings. The predicted molar refractivity (Wildman–Crippen MR) is 131 cm³/mol.